The van der Waals surface area contributed by atoms with Gasteiger partial charge in [-0.1, -0.05) is 20.8 Å². The normalized spacial score (nSPS) is 23.7. The van der Waals surface area contributed by atoms with Gasteiger partial charge in [0.1, 0.15) is 5.01 Å². The molecule has 2 aliphatic rings. The van der Waals surface area contributed by atoms with Crippen molar-refractivity contribution in [2.24, 2.45) is 0 Å². The predicted molar refractivity (Wildman–Crippen MR) is 85.3 cm³/mol. The Balaban J connectivity index is 1.62. The van der Waals surface area contributed by atoms with Crippen LogP contribution in [0, 0.1) is 0 Å². The van der Waals surface area contributed by atoms with Gasteiger partial charge in [0.25, 0.3) is 0 Å². The fourth-order valence-electron chi connectivity index (χ4n) is 2.88. The second kappa shape index (κ2) is 5.74. The molecule has 0 aromatic carbocycles. The zero-order chi connectivity index (χ0) is 14.2. The lowest BCUT2D eigenvalue weighted by Crippen LogP contribution is -2.38. The third kappa shape index (κ3) is 3.60. The molecule has 2 fully saturated rings. The largest absolute Gasteiger partial charge is 0.313 e. The van der Waals surface area contributed by atoms with Crippen LogP contribution in [0.25, 0.3) is 0 Å². The van der Waals surface area contributed by atoms with E-state index in [1.54, 1.807) is 0 Å². The van der Waals surface area contributed by atoms with Gasteiger partial charge in [-0.25, -0.2) is 4.98 Å². The van der Waals surface area contributed by atoms with Gasteiger partial charge in [-0.2, -0.15) is 0 Å². The molecule has 2 heterocycles. The summed E-state index contributed by atoms with van der Waals surface area (Å²) in [7, 11) is 0. The summed E-state index contributed by atoms with van der Waals surface area (Å²) < 4.78 is 0. The summed E-state index contributed by atoms with van der Waals surface area (Å²) in [6.45, 7) is 10.2. The highest BCUT2D eigenvalue weighted by molar-refractivity contribution is 7.09. The van der Waals surface area contributed by atoms with Gasteiger partial charge in [0.2, 0.25) is 0 Å². The minimum atomic E-state index is 0.173. The zero-order valence-corrected chi connectivity index (χ0v) is 13.8. The van der Waals surface area contributed by atoms with E-state index < -0.39 is 0 Å². The highest BCUT2D eigenvalue weighted by atomic mass is 32.1. The Labute approximate surface area is 126 Å². The molecule has 0 spiro atoms. The molecule has 20 heavy (non-hydrogen) atoms. The topological polar surface area (TPSA) is 28.2 Å². The fourth-order valence-corrected chi connectivity index (χ4v) is 3.93. The second-order valence-electron chi connectivity index (χ2n) is 7.33. The van der Waals surface area contributed by atoms with Crippen molar-refractivity contribution >= 4 is 11.3 Å². The van der Waals surface area contributed by atoms with E-state index in [0.717, 1.165) is 12.6 Å². The number of hydrogen-bond acceptors (Lipinski definition) is 4. The fraction of sp³-hybridized carbons (Fsp3) is 0.812. The molecule has 1 saturated carbocycles. The smallest absolute Gasteiger partial charge is 0.107 e. The number of hydrogen-bond donors (Lipinski definition) is 1. The van der Waals surface area contributed by atoms with E-state index in [2.05, 4.69) is 36.4 Å². The summed E-state index contributed by atoms with van der Waals surface area (Å²) in [5.74, 6) is 0. The first-order valence-electron chi connectivity index (χ1n) is 7.95. The van der Waals surface area contributed by atoms with Gasteiger partial charge < -0.3 is 5.32 Å². The van der Waals surface area contributed by atoms with Crippen LogP contribution in [0.3, 0.4) is 0 Å². The Morgan fingerprint density at radius 1 is 1.35 bits per heavy atom. The Morgan fingerprint density at radius 3 is 2.70 bits per heavy atom. The molecule has 3 rings (SSSR count). The minimum absolute atomic E-state index is 0.173. The molecule has 1 saturated heterocycles. The summed E-state index contributed by atoms with van der Waals surface area (Å²) >= 11 is 1.83. The van der Waals surface area contributed by atoms with E-state index in [1.165, 1.54) is 49.5 Å². The van der Waals surface area contributed by atoms with Crippen LogP contribution in [0.1, 0.15) is 57.2 Å². The Hall–Kier alpha value is -0.450. The number of nitrogens with one attached hydrogen (secondary N) is 1. The van der Waals surface area contributed by atoms with E-state index in [9.17, 15) is 0 Å². The highest BCUT2D eigenvalue weighted by Crippen LogP contribution is 2.31. The maximum atomic E-state index is 4.86. The van der Waals surface area contributed by atoms with E-state index in [1.807, 2.05) is 11.3 Å². The lowest BCUT2D eigenvalue weighted by Gasteiger charge is -2.24. The molecule has 1 aliphatic heterocycles. The van der Waals surface area contributed by atoms with Crippen molar-refractivity contribution < 1.29 is 0 Å². The van der Waals surface area contributed by atoms with Crippen LogP contribution >= 0.6 is 11.3 Å². The molecule has 0 radical (unpaired) electrons. The summed E-state index contributed by atoms with van der Waals surface area (Å²) in [5.41, 5.74) is 1.42. The van der Waals surface area contributed by atoms with Gasteiger partial charge in [-0.05, 0) is 32.2 Å². The van der Waals surface area contributed by atoms with Crippen LogP contribution in [0.4, 0.5) is 0 Å². The Bertz CT molecular complexity index is 439. The molecule has 0 amide bonds. The first-order valence-corrected chi connectivity index (χ1v) is 8.82. The van der Waals surface area contributed by atoms with Crippen molar-refractivity contribution in [1.29, 1.82) is 0 Å². The van der Waals surface area contributed by atoms with Gasteiger partial charge in [0.05, 0.1) is 12.2 Å². The van der Waals surface area contributed by atoms with Crippen LogP contribution in [-0.4, -0.2) is 35.1 Å². The zero-order valence-electron chi connectivity index (χ0n) is 13.0. The average Bonchev–Trinajstić information content (AvgIpc) is 2.88. The lowest BCUT2D eigenvalue weighted by molar-refractivity contribution is 0.230. The van der Waals surface area contributed by atoms with Crippen molar-refractivity contribution in [2.45, 2.75) is 70.5 Å². The summed E-state index contributed by atoms with van der Waals surface area (Å²) in [6, 6.07) is 1.53. The Kier molecular flexibility index (Phi) is 4.16. The number of thiazole rings is 1. The quantitative estimate of drug-likeness (QED) is 0.904. The highest BCUT2D eigenvalue weighted by Gasteiger charge is 2.32. The SMILES string of the molecule is CC(C)(C)c1csc(CN(CC2CCCN2)C2CC2)n1. The van der Waals surface area contributed by atoms with Gasteiger partial charge in [0.15, 0.2) is 0 Å². The van der Waals surface area contributed by atoms with E-state index >= 15 is 0 Å². The molecule has 1 unspecified atom stereocenters. The lowest BCUT2D eigenvalue weighted by atomic mass is 9.93. The number of nitrogens with zero attached hydrogens (tertiary/aromatic N) is 2. The maximum absolute atomic E-state index is 4.86. The Morgan fingerprint density at radius 2 is 2.15 bits per heavy atom. The molecule has 1 atom stereocenters. The van der Waals surface area contributed by atoms with Crippen LogP contribution in [0.2, 0.25) is 0 Å². The van der Waals surface area contributed by atoms with Crippen molar-refractivity contribution in [3.05, 3.63) is 16.1 Å². The molecule has 4 heteroatoms. The first kappa shape index (κ1) is 14.5. The number of aromatic nitrogens is 1. The average molecular weight is 293 g/mol. The molecule has 1 aliphatic carbocycles. The van der Waals surface area contributed by atoms with Crippen LogP contribution < -0.4 is 5.32 Å². The van der Waals surface area contributed by atoms with E-state index in [-0.39, 0.29) is 5.41 Å². The molecule has 1 aromatic heterocycles. The molecule has 1 aromatic rings. The molecule has 112 valence electrons. The maximum Gasteiger partial charge on any atom is 0.107 e. The van der Waals surface area contributed by atoms with Gasteiger partial charge >= 0.3 is 0 Å². The van der Waals surface area contributed by atoms with E-state index in [0.29, 0.717) is 6.04 Å². The van der Waals surface area contributed by atoms with Crippen LogP contribution in [0.5, 0.6) is 0 Å². The second-order valence-corrected chi connectivity index (χ2v) is 8.27. The molecule has 3 nitrogen and oxygen atoms in total. The van der Waals surface area contributed by atoms with Gasteiger partial charge in [-0.3, -0.25) is 4.90 Å². The summed E-state index contributed by atoms with van der Waals surface area (Å²) in [5, 5.41) is 7.16. The van der Waals surface area contributed by atoms with Gasteiger partial charge in [-0.15, -0.1) is 11.3 Å². The number of rotatable bonds is 5. The van der Waals surface area contributed by atoms with Gasteiger partial charge in [0, 0.05) is 29.4 Å². The summed E-state index contributed by atoms with van der Waals surface area (Å²) in [6.07, 6.45) is 5.44. The van der Waals surface area contributed by atoms with Crippen LogP contribution in [-0.2, 0) is 12.0 Å². The third-order valence-corrected chi connectivity index (χ3v) is 5.17. The third-order valence-electron chi connectivity index (χ3n) is 4.34. The molecular formula is C16H27N3S. The van der Waals surface area contributed by atoms with Crippen molar-refractivity contribution in [3.63, 3.8) is 0 Å². The molecule has 0 bridgehead atoms. The van der Waals surface area contributed by atoms with Crippen molar-refractivity contribution in [3.8, 4) is 0 Å². The van der Waals surface area contributed by atoms with Crippen LogP contribution in [0.15, 0.2) is 5.38 Å². The molecular weight excluding hydrogens is 266 g/mol. The minimum Gasteiger partial charge on any atom is -0.313 e. The molecule has 1 N–H and O–H groups in total. The predicted octanol–water partition coefficient (Wildman–Crippen LogP) is 3.16. The van der Waals surface area contributed by atoms with E-state index in [4.69, 9.17) is 4.98 Å². The van der Waals surface area contributed by atoms with Crippen molar-refractivity contribution in [1.82, 2.24) is 15.2 Å². The van der Waals surface area contributed by atoms with Crippen molar-refractivity contribution in [2.75, 3.05) is 13.1 Å². The standard InChI is InChI=1S/C16H27N3S/c1-16(2,3)14-11-20-15(18-14)10-19(13-6-7-13)9-12-5-4-8-17-12/h11-13,17H,4-10H2,1-3H3. The first-order chi connectivity index (χ1) is 9.52. The monoisotopic (exact) mass is 293 g/mol. The summed E-state index contributed by atoms with van der Waals surface area (Å²) in [4.78, 5) is 7.52.